The molecule has 0 saturated heterocycles. The molecule has 1 amide bonds. The number of nitrogens with zero attached hydrogens (tertiary/aromatic N) is 5. The van der Waals surface area contributed by atoms with Crippen molar-refractivity contribution in [3.8, 4) is 11.4 Å². The maximum atomic E-state index is 12.5. The van der Waals surface area contributed by atoms with Gasteiger partial charge in [-0.1, -0.05) is 48.2 Å². The molecule has 1 N–H and O–H groups in total. The van der Waals surface area contributed by atoms with E-state index in [2.05, 4.69) is 32.6 Å². The second-order valence-corrected chi connectivity index (χ2v) is 8.02. The Kier molecular flexibility index (Phi) is 7.06. The summed E-state index contributed by atoms with van der Waals surface area (Å²) < 4.78 is 1.99. The molecule has 2 aromatic heterocycles. The summed E-state index contributed by atoms with van der Waals surface area (Å²) in [5.41, 5.74) is 2.37. The third-order valence-electron chi connectivity index (χ3n) is 4.80. The van der Waals surface area contributed by atoms with Crippen LogP contribution in [0, 0.1) is 10.1 Å². The van der Waals surface area contributed by atoms with E-state index >= 15 is 0 Å². The van der Waals surface area contributed by atoms with Gasteiger partial charge in [-0.25, -0.2) is 0 Å². The molecule has 0 saturated carbocycles. The highest BCUT2D eigenvalue weighted by Crippen LogP contribution is 2.25. The number of thioether (sulfide) groups is 1. The summed E-state index contributed by atoms with van der Waals surface area (Å²) in [7, 11) is 0. The highest BCUT2D eigenvalue weighted by molar-refractivity contribution is 7.99. The van der Waals surface area contributed by atoms with Gasteiger partial charge in [0.25, 0.3) is 5.69 Å². The van der Waals surface area contributed by atoms with Crippen LogP contribution in [0.2, 0.25) is 0 Å². The van der Waals surface area contributed by atoms with Crippen LogP contribution in [0.25, 0.3) is 11.4 Å². The maximum Gasteiger partial charge on any atom is 0.271 e. The topological polar surface area (TPSA) is 116 Å². The number of anilines is 1. The van der Waals surface area contributed by atoms with Crippen LogP contribution in [-0.4, -0.2) is 36.3 Å². The quantitative estimate of drug-likeness (QED) is 0.226. The molecule has 166 valence electrons. The molecule has 0 radical (unpaired) electrons. The fraction of sp³-hybridized carbons (Fsp3) is 0.130. The molecule has 33 heavy (non-hydrogen) atoms. The number of non-ortho nitro benzene ring substituents is 1. The largest absolute Gasteiger partial charge is 0.325 e. The third kappa shape index (κ3) is 5.80. The van der Waals surface area contributed by atoms with Crippen LogP contribution in [0.5, 0.6) is 0 Å². The number of pyridine rings is 1. The van der Waals surface area contributed by atoms with Crippen LogP contribution >= 0.6 is 11.8 Å². The van der Waals surface area contributed by atoms with Gasteiger partial charge in [0.2, 0.25) is 5.91 Å². The number of nitro benzene ring substituents is 1. The SMILES string of the molecule is O=C(CSc1nnc(-c2ccncc2)n1CCc1ccccc1)Nc1cccc([N+](=O)[O-])c1. The predicted octanol–water partition coefficient (Wildman–Crippen LogP) is 4.22. The van der Waals surface area contributed by atoms with E-state index in [0.29, 0.717) is 23.2 Å². The Bertz CT molecular complexity index is 1250. The molecule has 10 heteroatoms. The van der Waals surface area contributed by atoms with Gasteiger partial charge in [0.15, 0.2) is 11.0 Å². The summed E-state index contributed by atoms with van der Waals surface area (Å²) in [6.07, 6.45) is 4.18. The van der Waals surface area contributed by atoms with Gasteiger partial charge in [0.05, 0.1) is 10.7 Å². The van der Waals surface area contributed by atoms with E-state index < -0.39 is 4.92 Å². The van der Waals surface area contributed by atoms with E-state index in [9.17, 15) is 14.9 Å². The van der Waals surface area contributed by atoms with Crippen LogP contribution in [0.1, 0.15) is 5.56 Å². The molecule has 0 fully saturated rings. The lowest BCUT2D eigenvalue weighted by atomic mass is 10.1. The van der Waals surface area contributed by atoms with E-state index in [-0.39, 0.29) is 17.3 Å². The van der Waals surface area contributed by atoms with E-state index in [1.165, 1.54) is 35.5 Å². The molecule has 0 aliphatic carbocycles. The molecule has 4 aromatic rings. The van der Waals surface area contributed by atoms with Crippen LogP contribution in [-0.2, 0) is 17.8 Å². The molecule has 0 atom stereocenters. The minimum atomic E-state index is -0.500. The van der Waals surface area contributed by atoms with Crippen molar-refractivity contribution in [3.63, 3.8) is 0 Å². The number of hydrogen-bond donors (Lipinski definition) is 1. The van der Waals surface area contributed by atoms with Crippen molar-refractivity contribution in [3.05, 3.63) is 94.8 Å². The number of aromatic nitrogens is 4. The summed E-state index contributed by atoms with van der Waals surface area (Å²) in [6, 6.07) is 19.7. The standard InChI is InChI=1S/C23H20N6O3S/c30-21(25-19-7-4-8-20(15-19)29(31)32)16-33-23-27-26-22(18-9-12-24-13-10-18)28(23)14-11-17-5-2-1-3-6-17/h1-10,12-13,15H,11,14,16H2,(H,25,30). The lowest BCUT2D eigenvalue weighted by molar-refractivity contribution is -0.384. The van der Waals surface area contributed by atoms with Crippen molar-refractivity contribution in [1.29, 1.82) is 0 Å². The predicted molar refractivity (Wildman–Crippen MR) is 126 cm³/mol. The lowest BCUT2D eigenvalue weighted by Gasteiger charge is -2.10. The fourth-order valence-electron chi connectivity index (χ4n) is 3.22. The number of nitrogens with one attached hydrogen (secondary N) is 1. The number of aryl methyl sites for hydroxylation is 1. The fourth-order valence-corrected chi connectivity index (χ4v) is 3.99. The number of benzene rings is 2. The van der Waals surface area contributed by atoms with Gasteiger partial charge in [-0.2, -0.15) is 0 Å². The van der Waals surface area contributed by atoms with Gasteiger partial charge >= 0.3 is 0 Å². The van der Waals surface area contributed by atoms with Crippen LogP contribution < -0.4 is 5.32 Å². The second-order valence-electron chi connectivity index (χ2n) is 7.07. The molecule has 0 unspecified atom stereocenters. The number of amides is 1. The third-order valence-corrected chi connectivity index (χ3v) is 5.76. The molecule has 0 aliphatic heterocycles. The molecule has 0 bridgehead atoms. The summed E-state index contributed by atoms with van der Waals surface area (Å²) >= 11 is 1.26. The van der Waals surface area contributed by atoms with E-state index in [0.717, 1.165) is 12.0 Å². The van der Waals surface area contributed by atoms with E-state index in [1.807, 2.05) is 34.9 Å². The van der Waals surface area contributed by atoms with Crippen molar-refractivity contribution in [1.82, 2.24) is 19.7 Å². The monoisotopic (exact) mass is 460 g/mol. The van der Waals surface area contributed by atoms with E-state index in [1.54, 1.807) is 18.5 Å². The van der Waals surface area contributed by atoms with E-state index in [4.69, 9.17) is 0 Å². The number of hydrogen-bond acceptors (Lipinski definition) is 7. The smallest absolute Gasteiger partial charge is 0.271 e. The maximum absolute atomic E-state index is 12.5. The Hall–Kier alpha value is -4.05. The van der Waals surface area contributed by atoms with Gasteiger partial charge in [-0.15, -0.1) is 10.2 Å². The van der Waals surface area contributed by atoms with Crippen molar-refractivity contribution in [2.45, 2.75) is 18.1 Å². The first-order valence-corrected chi connectivity index (χ1v) is 11.1. The summed E-state index contributed by atoms with van der Waals surface area (Å²) in [5.74, 6) is 0.501. The number of nitro groups is 1. The Morgan fingerprint density at radius 1 is 1.03 bits per heavy atom. The van der Waals surface area contributed by atoms with Gasteiger partial charge in [0, 0.05) is 42.3 Å². The van der Waals surface area contributed by atoms with Gasteiger partial charge in [0.1, 0.15) is 0 Å². The Balaban J connectivity index is 1.48. The first kappa shape index (κ1) is 22.2. The van der Waals surface area contributed by atoms with Crippen molar-refractivity contribution in [2.75, 3.05) is 11.1 Å². The summed E-state index contributed by atoms with van der Waals surface area (Å²) in [5, 5.41) is 22.9. The Labute approximate surface area is 194 Å². The highest BCUT2D eigenvalue weighted by atomic mass is 32.2. The Morgan fingerprint density at radius 3 is 2.58 bits per heavy atom. The normalized spacial score (nSPS) is 10.7. The molecule has 2 heterocycles. The van der Waals surface area contributed by atoms with Crippen LogP contribution in [0.4, 0.5) is 11.4 Å². The average molecular weight is 461 g/mol. The van der Waals surface area contributed by atoms with Crippen molar-refractivity contribution >= 4 is 29.0 Å². The van der Waals surface area contributed by atoms with Gasteiger partial charge < -0.3 is 9.88 Å². The highest BCUT2D eigenvalue weighted by Gasteiger charge is 2.16. The molecule has 2 aromatic carbocycles. The summed E-state index contributed by atoms with van der Waals surface area (Å²) in [6.45, 7) is 0.642. The first-order valence-electron chi connectivity index (χ1n) is 10.1. The van der Waals surface area contributed by atoms with Gasteiger partial charge in [-0.3, -0.25) is 19.9 Å². The lowest BCUT2D eigenvalue weighted by Crippen LogP contribution is -2.15. The molecular formula is C23H20N6O3S. The zero-order valence-electron chi connectivity index (χ0n) is 17.5. The molecule has 4 rings (SSSR count). The minimum Gasteiger partial charge on any atom is -0.325 e. The zero-order chi connectivity index (χ0) is 23.0. The number of carbonyl (C=O) groups excluding carboxylic acids is 1. The van der Waals surface area contributed by atoms with Gasteiger partial charge in [-0.05, 0) is 30.2 Å². The molecule has 9 nitrogen and oxygen atoms in total. The molecule has 0 aliphatic rings. The van der Waals surface area contributed by atoms with Crippen molar-refractivity contribution < 1.29 is 9.72 Å². The molecular weight excluding hydrogens is 440 g/mol. The second kappa shape index (κ2) is 10.5. The van der Waals surface area contributed by atoms with Crippen LogP contribution in [0.15, 0.2) is 84.3 Å². The van der Waals surface area contributed by atoms with Crippen molar-refractivity contribution in [2.24, 2.45) is 0 Å². The first-order chi connectivity index (χ1) is 16.1. The summed E-state index contributed by atoms with van der Waals surface area (Å²) in [4.78, 5) is 27.0. The number of rotatable bonds is 9. The number of carbonyl (C=O) groups is 1. The minimum absolute atomic E-state index is 0.0805. The zero-order valence-corrected chi connectivity index (χ0v) is 18.3. The Morgan fingerprint density at radius 2 is 1.82 bits per heavy atom. The molecule has 0 spiro atoms. The average Bonchev–Trinajstić information content (AvgIpc) is 3.25. The van der Waals surface area contributed by atoms with Crippen LogP contribution in [0.3, 0.4) is 0 Å².